The van der Waals surface area contributed by atoms with Gasteiger partial charge in [0.15, 0.2) is 11.5 Å². The van der Waals surface area contributed by atoms with Crippen molar-refractivity contribution in [3.8, 4) is 17.2 Å². The molecular formula is C23H25N3O3. The zero-order valence-corrected chi connectivity index (χ0v) is 17.3. The highest BCUT2D eigenvalue weighted by Gasteiger charge is 2.12. The number of hydrogen-bond donors (Lipinski definition) is 1. The van der Waals surface area contributed by atoms with Gasteiger partial charge in [0.05, 0.1) is 20.4 Å². The molecule has 2 aromatic carbocycles. The Morgan fingerprint density at radius 3 is 2.41 bits per heavy atom. The lowest BCUT2D eigenvalue weighted by molar-refractivity contribution is 0.0954. The van der Waals surface area contributed by atoms with Crippen molar-refractivity contribution in [1.29, 1.82) is 0 Å². The van der Waals surface area contributed by atoms with Crippen LogP contribution in [0.4, 0.5) is 0 Å². The number of methoxy groups -OCH3 is 2. The lowest BCUT2D eigenvalue weighted by Crippen LogP contribution is -2.17. The number of hydrazone groups is 1. The maximum absolute atomic E-state index is 12.4. The first-order valence-corrected chi connectivity index (χ1v) is 9.26. The monoisotopic (exact) mass is 391 g/mol. The molecule has 0 atom stereocenters. The van der Waals surface area contributed by atoms with Crippen LogP contribution in [-0.4, -0.2) is 30.9 Å². The normalized spacial score (nSPS) is 10.9. The molecule has 1 aromatic heterocycles. The van der Waals surface area contributed by atoms with E-state index in [4.69, 9.17) is 9.47 Å². The third-order valence-electron chi connectivity index (χ3n) is 4.84. The number of amides is 1. The van der Waals surface area contributed by atoms with Crippen molar-refractivity contribution < 1.29 is 14.3 Å². The summed E-state index contributed by atoms with van der Waals surface area (Å²) in [7, 11) is 3.08. The van der Waals surface area contributed by atoms with Gasteiger partial charge in [0.1, 0.15) is 0 Å². The third-order valence-corrected chi connectivity index (χ3v) is 4.84. The Balaban J connectivity index is 1.78. The fourth-order valence-corrected chi connectivity index (χ4v) is 3.31. The first kappa shape index (κ1) is 20.2. The van der Waals surface area contributed by atoms with Crippen molar-refractivity contribution in [1.82, 2.24) is 9.99 Å². The minimum Gasteiger partial charge on any atom is -0.493 e. The summed E-state index contributed by atoms with van der Waals surface area (Å²) in [5.41, 5.74) is 8.43. The van der Waals surface area contributed by atoms with Crippen molar-refractivity contribution >= 4 is 12.1 Å². The van der Waals surface area contributed by atoms with Crippen molar-refractivity contribution in [2.24, 2.45) is 5.10 Å². The molecule has 150 valence electrons. The summed E-state index contributed by atoms with van der Waals surface area (Å²) in [6.45, 7) is 6.18. The lowest BCUT2D eigenvalue weighted by Gasteiger charge is -2.12. The van der Waals surface area contributed by atoms with E-state index in [9.17, 15) is 4.79 Å². The van der Waals surface area contributed by atoms with Gasteiger partial charge in [-0.2, -0.15) is 5.10 Å². The molecule has 3 aromatic rings. The molecule has 0 saturated carbocycles. The molecule has 1 N–H and O–H groups in total. The molecule has 0 aliphatic carbocycles. The Hall–Kier alpha value is -3.54. The summed E-state index contributed by atoms with van der Waals surface area (Å²) in [6, 6.07) is 15.3. The number of nitrogens with one attached hydrogen (secondary N) is 1. The highest BCUT2D eigenvalue weighted by Crippen LogP contribution is 2.27. The fraction of sp³-hybridized carbons (Fsp3) is 0.217. The molecule has 0 fully saturated rings. The molecule has 0 unspecified atom stereocenters. The van der Waals surface area contributed by atoms with Crippen LogP contribution >= 0.6 is 0 Å². The summed E-state index contributed by atoms with van der Waals surface area (Å²) in [6.07, 6.45) is 1.66. The number of carbonyl (C=O) groups is 1. The first-order valence-electron chi connectivity index (χ1n) is 9.26. The minimum absolute atomic E-state index is 0.324. The number of carbonyl (C=O) groups excluding carboxylic acids is 1. The average molecular weight is 391 g/mol. The number of ether oxygens (including phenoxy) is 2. The van der Waals surface area contributed by atoms with Crippen LogP contribution in [0.25, 0.3) is 5.69 Å². The topological polar surface area (TPSA) is 64.8 Å². The Kier molecular flexibility index (Phi) is 6.02. The summed E-state index contributed by atoms with van der Waals surface area (Å²) in [4.78, 5) is 12.4. The van der Waals surface area contributed by atoms with E-state index < -0.39 is 0 Å². The molecule has 0 spiro atoms. The molecule has 6 nitrogen and oxygen atoms in total. The predicted octanol–water partition coefficient (Wildman–Crippen LogP) is 4.18. The van der Waals surface area contributed by atoms with E-state index in [0.29, 0.717) is 17.1 Å². The van der Waals surface area contributed by atoms with E-state index in [-0.39, 0.29) is 5.91 Å². The molecule has 0 aliphatic rings. The number of hydrogen-bond acceptors (Lipinski definition) is 4. The predicted molar refractivity (Wildman–Crippen MR) is 115 cm³/mol. The van der Waals surface area contributed by atoms with E-state index in [0.717, 1.165) is 22.6 Å². The van der Waals surface area contributed by atoms with E-state index in [1.807, 2.05) is 25.1 Å². The summed E-state index contributed by atoms with van der Waals surface area (Å²) < 4.78 is 12.6. The summed E-state index contributed by atoms with van der Waals surface area (Å²) in [5.74, 6) is 0.733. The van der Waals surface area contributed by atoms with Crippen molar-refractivity contribution in [3.05, 3.63) is 76.6 Å². The Labute approximate surface area is 170 Å². The SMILES string of the molecule is COc1ccc(C(=O)N/N=C/c2cc(C)n(-c3ccccc3C)c2C)cc1OC. The summed E-state index contributed by atoms with van der Waals surface area (Å²) in [5, 5.41) is 4.14. The standard InChI is InChI=1S/C23H25N3O3/c1-15-8-6-7-9-20(15)26-16(2)12-19(17(26)3)14-24-25-23(27)18-10-11-21(28-4)22(13-18)29-5/h6-14H,1-5H3,(H,25,27)/b24-14+. The van der Waals surface area contributed by atoms with Crippen LogP contribution in [0, 0.1) is 20.8 Å². The van der Waals surface area contributed by atoms with Crippen LogP contribution in [-0.2, 0) is 0 Å². The third kappa shape index (κ3) is 4.16. The Morgan fingerprint density at radius 2 is 1.72 bits per heavy atom. The van der Waals surface area contributed by atoms with Gasteiger partial charge in [-0.25, -0.2) is 5.43 Å². The summed E-state index contributed by atoms with van der Waals surface area (Å²) >= 11 is 0. The second kappa shape index (κ2) is 8.65. The van der Waals surface area contributed by atoms with Gasteiger partial charge in [-0.15, -0.1) is 0 Å². The van der Waals surface area contributed by atoms with Crippen molar-refractivity contribution in [2.75, 3.05) is 14.2 Å². The van der Waals surface area contributed by atoms with Gasteiger partial charge >= 0.3 is 0 Å². The molecule has 3 rings (SSSR count). The fourth-order valence-electron chi connectivity index (χ4n) is 3.31. The molecule has 0 bridgehead atoms. The Morgan fingerprint density at radius 1 is 1.00 bits per heavy atom. The van der Waals surface area contributed by atoms with Gasteiger partial charge in [0.2, 0.25) is 0 Å². The molecule has 6 heteroatoms. The van der Waals surface area contributed by atoms with Crippen molar-refractivity contribution in [3.63, 3.8) is 0 Å². The molecule has 29 heavy (non-hydrogen) atoms. The van der Waals surface area contributed by atoms with Crippen molar-refractivity contribution in [2.45, 2.75) is 20.8 Å². The van der Waals surface area contributed by atoms with Crippen LogP contribution < -0.4 is 14.9 Å². The maximum atomic E-state index is 12.4. The van der Waals surface area contributed by atoms with Gasteiger partial charge in [0.25, 0.3) is 5.91 Å². The first-order chi connectivity index (χ1) is 14.0. The maximum Gasteiger partial charge on any atom is 0.271 e. The quantitative estimate of drug-likeness (QED) is 0.506. The van der Waals surface area contributed by atoms with E-state index in [1.165, 1.54) is 12.7 Å². The van der Waals surface area contributed by atoms with Gasteiger partial charge < -0.3 is 14.0 Å². The van der Waals surface area contributed by atoms with E-state index in [1.54, 1.807) is 31.5 Å². The Bertz CT molecular complexity index is 1070. The second-order valence-corrected chi connectivity index (χ2v) is 6.72. The van der Waals surface area contributed by atoms with Gasteiger partial charge in [-0.05, 0) is 56.7 Å². The largest absolute Gasteiger partial charge is 0.493 e. The number of para-hydroxylation sites is 1. The van der Waals surface area contributed by atoms with Crippen LogP contribution in [0.15, 0.2) is 53.6 Å². The minimum atomic E-state index is -0.324. The molecule has 1 heterocycles. The molecule has 0 aliphatic heterocycles. The number of rotatable bonds is 6. The van der Waals surface area contributed by atoms with Gasteiger partial charge in [-0.1, -0.05) is 18.2 Å². The van der Waals surface area contributed by atoms with Crippen LogP contribution in [0.2, 0.25) is 0 Å². The number of benzene rings is 2. The smallest absolute Gasteiger partial charge is 0.271 e. The zero-order chi connectivity index (χ0) is 21.0. The number of aromatic nitrogens is 1. The van der Waals surface area contributed by atoms with Gasteiger partial charge in [-0.3, -0.25) is 4.79 Å². The highest BCUT2D eigenvalue weighted by atomic mass is 16.5. The van der Waals surface area contributed by atoms with E-state index >= 15 is 0 Å². The van der Waals surface area contributed by atoms with E-state index in [2.05, 4.69) is 41.1 Å². The van der Waals surface area contributed by atoms with Crippen LogP contribution in [0.5, 0.6) is 11.5 Å². The zero-order valence-electron chi connectivity index (χ0n) is 17.3. The lowest BCUT2D eigenvalue weighted by atomic mass is 10.2. The van der Waals surface area contributed by atoms with Crippen LogP contribution in [0.3, 0.4) is 0 Å². The number of aryl methyl sites for hydroxylation is 2. The average Bonchev–Trinajstić information content (AvgIpc) is 3.01. The number of nitrogens with zero attached hydrogens (tertiary/aromatic N) is 2. The molecule has 0 saturated heterocycles. The molecule has 1 amide bonds. The van der Waals surface area contributed by atoms with Gasteiger partial charge in [0, 0.05) is 28.2 Å². The highest BCUT2D eigenvalue weighted by molar-refractivity contribution is 5.95. The van der Waals surface area contributed by atoms with Crippen LogP contribution in [0.1, 0.15) is 32.9 Å². The second-order valence-electron chi connectivity index (χ2n) is 6.72. The molecule has 0 radical (unpaired) electrons. The molecular weight excluding hydrogens is 366 g/mol.